The van der Waals surface area contributed by atoms with Gasteiger partial charge in [0.05, 0.1) is 91.8 Å². The van der Waals surface area contributed by atoms with Crippen LogP contribution in [0.25, 0.3) is 0 Å². The van der Waals surface area contributed by atoms with Gasteiger partial charge in [-0.15, -0.1) is 0 Å². The first-order valence-electron chi connectivity index (χ1n) is 25.9. The van der Waals surface area contributed by atoms with Crippen molar-refractivity contribution in [3.63, 3.8) is 0 Å². The van der Waals surface area contributed by atoms with E-state index in [2.05, 4.69) is 0 Å². The maximum atomic E-state index is 13.1. The first-order valence-corrected chi connectivity index (χ1v) is 25.9. The van der Waals surface area contributed by atoms with Crippen molar-refractivity contribution in [3.8, 4) is 0 Å². The number of ether oxygens (including phenoxy) is 6. The summed E-state index contributed by atoms with van der Waals surface area (Å²) in [6.45, 7) is 8.61. The fourth-order valence-electron chi connectivity index (χ4n) is 9.63. The molecule has 0 aliphatic carbocycles. The summed E-state index contributed by atoms with van der Waals surface area (Å²) in [5, 5.41) is 129. The average molecular weight is 1060 g/mol. The largest absolute Gasteiger partial charge is 0.481 e. The van der Waals surface area contributed by atoms with Crippen molar-refractivity contribution in [2.24, 2.45) is 23.5 Å². The van der Waals surface area contributed by atoms with E-state index in [1.54, 1.807) is 38.2 Å². The van der Waals surface area contributed by atoms with Crippen LogP contribution in [-0.4, -0.2) is 195 Å². The summed E-state index contributed by atoms with van der Waals surface area (Å²) in [6, 6.07) is -1.16. The summed E-state index contributed by atoms with van der Waals surface area (Å²) in [7, 11) is 0. The Kier molecular flexibility index (Phi) is 26.1. The molecule has 3 fully saturated rings. The lowest BCUT2D eigenvalue weighted by molar-refractivity contribution is -0.310. The second-order valence-electron chi connectivity index (χ2n) is 20.5. The molecule has 0 spiro atoms. The second kappa shape index (κ2) is 30.6. The molecular weight excluding hydrogens is 971 g/mol. The Balaban J connectivity index is 1.55. The Bertz CT molecular complexity index is 1870. The number of nitrogens with two attached hydrogens (primary N) is 1. The van der Waals surface area contributed by atoms with Gasteiger partial charge in [0.15, 0.2) is 18.4 Å². The van der Waals surface area contributed by atoms with Crippen LogP contribution in [0.15, 0.2) is 72.9 Å². The number of cyclic esters (lactones) is 1. The molecule has 2 bridgehead atoms. The number of aliphatic hydroxyl groups is 11. The molecule has 0 saturated carbocycles. The van der Waals surface area contributed by atoms with Crippen LogP contribution in [-0.2, 0) is 38.0 Å². The minimum atomic E-state index is -2.37. The Hall–Kier alpha value is -3.30. The predicted octanol–water partition coefficient (Wildman–Crippen LogP) is 0.817. The lowest BCUT2D eigenvalue weighted by Crippen LogP contribution is -2.61. The van der Waals surface area contributed by atoms with Gasteiger partial charge in [-0.2, -0.15) is 0 Å². The highest BCUT2D eigenvalue weighted by molar-refractivity contribution is 5.71. The van der Waals surface area contributed by atoms with Crippen LogP contribution in [0.3, 0.4) is 0 Å². The van der Waals surface area contributed by atoms with E-state index in [4.69, 9.17) is 34.2 Å². The molecule has 422 valence electrons. The van der Waals surface area contributed by atoms with Gasteiger partial charge in [0.2, 0.25) is 0 Å². The molecule has 3 saturated heterocycles. The van der Waals surface area contributed by atoms with Crippen molar-refractivity contribution >= 4 is 11.9 Å². The van der Waals surface area contributed by atoms with Gasteiger partial charge in [0, 0.05) is 37.5 Å². The molecule has 23 unspecified atom stereocenters. The minimum Gasteiger partial charge on any atom is -0.481 e. The summed E-state index contributed by atoms with van der Waals surface area (Å²) in [6.07, 6.45) is -1.63. The van der Waals surface area contributed by atoms with Crippen LogP contribution >= 0.6 is 0 Å². The zero-order chi connectivity index (χ0) is 54.9. The summed E-state index contributed by atoms with van der Waals surface area (Å²) in [5.74, 6) is -6.88. The molecule has 4 rings (SSSR count). The maximum absolute atomic E-state index is 13.1. The number of hydrogen-bond acceptors (Lipinski definition) is 20. The smallest absolute Gasteiger partial charge is 0.311 e. The number of allylic oxidation sites excluding steroid dienone is 10. The van der Waals surface area contributed by atoms with Crippen LogP contribution in [0.4, 0.5) is 0 Å². The normalized spacial score (nSPS) is 46.5. The van der Waals surface area contributed by atoms with Crippen LogP contribution in [0.5, 0.6) is 0 Å². The summed E-state index contributed by atoms with van der Waals surface area (Å²) >= 11 is 0. The highest BCUT2D eigenvalue weighted by Gasteiger charge is 2.51. The van der Waals surface area contributed by atoms with Gasteiger partial charge in [0.1, 0.15) is 24.2 Å². The number of rotatable bonds is 5. The molecule has 21 nitrogen and oxygen atoms in total. The zero-order valence-corrected chi connectivity index (χ0v) is 43.1. The van der Waals surface area contributed by atoms with E-state index in [1.807, 2.05) is 56.4 Å². The molecule has 14 N–H and O–H groups in total. The predicted molar refractivity (Wildman–Crippen MR) is 267 cm³/mol. The Morgan fingerprint density at radius 1 is 0.635 bits per heavy atom. The van der Waals surface area contributed by atoms with Gasteiger partial charge < -0.3 is 95.4 Å². The van der Waals surface area contributed by atoms with Crippen molar-refractivity contribution in [2.45, 2.75) is 227 Å². The maximum Gasteiger partial charge on any atom is 0.311 e. The van der Waals surface area contributed by atoms with Gasteiger partial charge in [-0.3, -0.25) is 9.59 Å². The fourth-order valence-corrected chi connectivity index (χ4v) is 9.63. The second-order valence-corrected chi connectivity index (χ2v) is 20.5. The quantitative estimate of drug-likeness (QED) is 0.170. The number of fused-ring (bicyclic) bond motifs is 2. The first kappa shape index (κ1) is 63.2. The molecule has 23 atom stereocenters. The van der Waals surface area contributed by atoms with E-state index in [-0.39, 0.29) is 44.4 Å². The minimum absolute atomic E-state index is 0.0208. The third-order valence-electron chi connectivity index (χ3n) is 14.2. The van der Waals surface area contributed by atoms with Gasteiger partial charge in [0.25, 0.3) is 0 Å². The molecule has 0 aromatic heterocycles. The van der Waals surface area contributed by atoms with E-state index in [0.717, 1.165) is 12.8 Å². The molecule has 4 aliphatic rings. The molecule has 0 aromatic rings. The number of hydrogen-bond donors (Lipinski definition) is 13. The average Bonchev–Trinajstić information content (AvgIpc) is 3.31. The lowest BCUT2D eigenvalue weighted by Gasteiger charge is -2.45. The molecule has 0 amide bonds. The molecule has 0 aromatic carbocycles. The number of aliphatic carboxylic acids is 1. The number of carboxylic acid groups (broad SMARTS) is 1. The van der Waals surface area contributed by atoms with Gasteiger partial charge >= 0.3 is 11.9 Å². The summed E-state index contributed by atoms with van der Waals surface area (Å²) in [4.78, 5) is 25.6. The van der Waals surface area contributed by atoms with Crippen molar-refractivity contribution in [3.05, 3.63) is 72.9 Å². The van der Waals surface area contributed by atoms with E-state index in [9.17, 15) is 70.9 Å². The van der Waals surface area contributed by atoms with Crippen molar-refractivity contribution in [2.75, 3.05) is 0 Å². The summed E-state index contributed by atoms with van der Waals surface area (Å²) in [5.41, 5.74) is 6.04. The third kappa shape index (κ3) is 19.9. The van der Waals surface area contributed by atoms with E-state index in [0.29, 0.717) is 0 Å². The van der Waals surface area contributed by atoms with E-state index >= 15 is 0 Å². The monoisotopic (exact) mass is 1060 g/mol. The van der Waals surface area contributed by atoms with E-state index in [1.165, 1.54) is 13.0 Å². The number of carbonyl (C=O) groups is 2. The lowest BCUT2D eigenvalue weighted by atomic mass is 9.82. The third-order valence-corrected chi connectivity index (χ3v) is 14.2. The topological polar surface area (TPSA) is 358 Å². The van der Waals surface area contributed by atoms with Crippen LogP contribution in [0, 0.1) is 17.8 Å². The van der Waals surface area contributed by atoms with Crippen LogP contribution in [0.1, 0.15) is 105 Å². The standard InChI is InChI=1S/C53H85NO20/c1-29-18-16-14-12-10-8-6-7-9-11-13-15-17-19-37(72-52-49(65)46(54)48(64)33(5)71-52)25-42-45(51(66)67)41(61)28-53(68,74-42)27-40(60)38(58)21-20-34(55)22-35(56)23-36(57)24-43(62)69-31(3)30(2)50(29)73-44-26-39(59)47(63)32(4)70-44/h6-7,9,11-19,29-42,44-50,52,55-61,63-65,68H,8,10,20-28,54H2,1-5H3,(H,66,67)/b7-6+,11-9+,14-12+,15-13+,18-16+,19-17+. The molecule has 74 heavy (non-hydrogen) atoms. The SMILES string of the molecule is CC1/C=C/C=C/CC/C=C/C=C/C=C/C=C/C(OC2OC(C)C(O)C(N)C2O)CC2OC(O)(CC(O)C(O)CCC(O)CC(O)CC(O)CC(=O)OC(C)C(C)C1OC1CC(O)C(O)C(C)O1)CC(O)C2C(=O)O. The van der Waals surface area contributed by atoms with Crippen LogP contribution < -0.4 is 5.73 Å². The number of carboxylic acids is 1. The van der Waals surface area contributed by atoms with E-state index < -0.39 is 165 Å². The van der Waals surface area contributed by atoms with Crippen molar-refractivity contribution in [1.29, 1.82) is 0 Å². The highest BCUT2D eigenvalue weighted by atomic mass is 16.7. The van der Waals surface area contributed by atoms with Crippen molar-refractivity contribution in [1.82, 2.24) is 0 Å². The molecular formula is C53H85NO20. The summed E-state index contributed by atoms with van der Waals surface area (Å²) < 4.78 is 35.8. The molecule has 21 heteroatoms. The Morgan fingerprint density at radius 2 is 1.23 bits per heavy atom. The number of aliphatic hydroxyl groups excluding tert-OH is 10. The zero-order valence-electron chi connectivity index (χ0n) is 43.1. The number of esters is 1. The first-order chi connectivity index (χ1) is 34.9. The van der Waals surface area contributed by atoms with Gasteiger partial charge in [-0.25, -0.2) is 0 Å². The number of carbonyl (C=O) groups excluding carboxylic acids is 1. The Morgan fingerprint density at radius 3 is 1.89 bits per heavy atom. The molecule has 4 aliphatic heterocycles. The van der Waals surface area contributed by atoms with Gasteiger partial charge in [-0.05, 0) is 59.3 Å². The Labute approximate surface area is 433 Å². The molecule has 0 radical (unpaired) electrons. The van der Waals surface area contributed by atoms with Gasteiger partial charge in [-0.1, -0.05) is 86.8 Å². The highest BCUT2D eigenvalue weighted by Crippen LogP contribution is 2.38. The van der Waals surface area contributed by atoms with Crippen LogP contribution in [0.2, 0.25) is 0 Å². The van der Waals surface area contributed by atoms with Crippen molar-refractivity contribution < 1.29 is 99.3 Å². The fraction of sp³-hybridized carbons (Fsp3) is 0.736. The molecule has 4 heterocycles.